The molecule has 1 fully saturated rings. The zero-order chi connectivity index (χ0) is 17.7. The molecule has 0 bridgehead atoms. The topological polar surface area (TPSA) is 91.6 Å². The molecule has 1 saturated carbocycles. The maximum Gasteiger partial charge on any atom is 0.309 e. The summed E-state index contributed by atoms with van der Waals surface area (Å²) < 4.78 is 5.32. The summed E-state index contributed by atoms with van der Waals surface area (Å²) in [4.78, 5) is 23.9. The predicted octanol–water partition coefficient (Wildman–Crippen LogP) is 2.00. The number of amides is 2. The standard InChI is InChI=1S/C19H26N2O4/c22-17(20-11-10-14-5-2-1-3-6-14)18(23)21-13-19(24,15-8-9-15)16-7-4-12-25-16/h4-5,7,12,15,24H,1-3,6,8-11,13H2,(H,20,22)(H,21,23)/t19-/m1/s1. The summed E-state index contributed by atoms with van der Waals surface area (Å²) in [6.07, 6.45) is 10.9. The van der Waals surface area contributed by atoms with Gasteiger partial charge in [-0.2, -0.15) is 0 Å². The minimum Gasteiger partial charge on any atom is -0.466 e. The average molecular weight is 346 g/mol. The van der Waals surface area contributed by atoms with Gasteiger partial charge in [0.1, 0.15) is 11.4 Å². The third-order valence-corrected chi connectivity index (χ3v) is 5.04. The van der Waals surface area contributed by atoms with Crippen molar-refractivity contribution in [2.24, 2.45) is 5.92 Å². The van der Waals surface area contributed by atoms with E-state index in [4.69, 9.17) is 4.42 Å². The van der Waals surface area contributed by atoms with Crippen molar-refractivity contribution in [3.8, 4) is 0 Å². The summed E-state index contributed by atoms with van der Waals surface area (Å²) in [7, 11) is 0. The summed E-state index contributed by atoms with van der Waals surface area (Å²) in [5.41, 5.74) is 0.111. The van der Waals surface area contributed by atoms with Gasteiger partial charge in [0.2, 0.25) is 0 Å². The highest BCUT2D eigenvalue weighted by Crippen LogP contribution is 2.45. The van der Waals surface area contributed by atoms with Gasteiger partial charge in [-0.1, -0.05) is 11.6 Å². The molecule has 25 heavy (non-hydrogen) atoms. The van der Waals surface area contributed by atoms with E-state index in [1.54, 1.807) is 12.1 Å². The Morgan fingerprint density at radius 1 is 1.24 bits per heavy atom. The van der Waals surface area contributed by atoms with Crippen LogP contribution in [0.4, 0.5) is 0 Å². The summed E-state index contributed by atoms with van der Waals surface area (Å²) in [6.45, 7) is 0.436. The van der Waals surface area contributed by atoms with E-state index in [-0.39, 0.29) is 12.5 Å². The van der Waals surface area contributed by atoms with Gasteiger partial charge in [0.25, 0.3) is 0 Å². The maximum absolute atomic E-state index is 12.0. The van der Waals surface area contributed by atoms with Crippen molar-refractivity contribution in [1.82, 2.24) is 10.6 Å². The molecule has 1 heterocycles. The van der Waals surface area contributed by atoms with Crippen molar-refractivity contribution in [3.63, 3.8) is 0 Å². The number of hydrogen-bond acceptors (Lipinski definition) is 4. The molecule has 0 aromatic carbocycles. The lowest BCUT2D eigenvalue weighted by Gasteiger charge is -2.26. The fourth-order valence-electron chi connectivity index (χ4n) is 3.36. The normalized spacial score (nSPS) is 19.6. The molecule has 0 spiro atoms. The van der Waals surface area contributed by atoms with Crippen molar-refractivity contribution in [2.45, 2.75) is 50.5 Å². The van der Waals surface area contributed by atoms with Crippen LogP contribution in [0.15, 0.2) is 34.5 Å². The lowest BCUT2D eigenvalue weighted by Crippen LogP contribution is -2.47. The van der Waals surface area contributed by atoms with Crippen molar-refractivity contribution in [3.05, 3.63) is 35.8 Å². The van der Waals surface area contributed by atoms with Crippen LogP contribution in [0.3, 0.4) is 0 Å². The molecule has 2 aliphatic carbocycles. The zero-order valence-corrected chi connectivity index (χ0v) is 14.4. The molecule has 6 heteroatoms. The Labute approximate surface area is 147 Å². The molecule has 3 rings (SSSR count). The quantitative estimate of drug-likeness (QED) is 0.520. The van der Waals surface area contributed by atoms with Crippen LogP contribution < -0.4 is 10.6 Å². The predicted molar refractivity (Wildman–Crippen MR) is 92.5 cm³/mol. The third-order valence-electron chi connectivity index (χ3n) is 5.04. The van der Waals surface area contributed by atoms with Gasteiger partial charge in [0, 0.05) is 6.54 Å². The van der Waals surface area contributed by atoms with Crippen LogP contribution in [0.2, 0.25) is 0 Å². The third kappa shape index (κ3) is 4.51. The molecule has 1 aromatic heterocycles. The van der Waals surface area contributed by atoms with Crippen LogP contribution in [0.25, 0.3) is 0 Å². The minimum atomic E-state index is -1.24. The Bertz CT molecular complexity index is 634. The van der Waals surface area contributed by atoms with Crippen LogP contribution in [0, 0.1) is 5.92 Å². The van der Waals surface area contributed by atoms with Crippen LogP contribution in [0.1, 0.15) is 50.7 Å². The Morgan fingerprint density at radius 2 is 2.04 bits per heavy atom. The summed E-state index contributed by atoms with van der Waals surface area (Å²) >= 11 is 0. The first-order chi connectivity index (χ1) is 12.1. The molecule has 0 radical (unpaired) electrons. The molecule has 1 aromatic rings. The smallest absolute Gasteiger partial charge is 0.309 e. The second-order valence-corrected chi connectivity index (χ2v) is 6.97. The number of aliphatic hydroxyl groups is 1. The lowest BCUT2D eigenvalue weighted by molar-refractivity contribution is -0.140. The van der Waals surface area contributed by atoms with Crippen LogP contribution in [0.5, 0.6) is 0 Å². The van der Waals surface area contributed by atoms with Crippen LogP contribution >= 0.6 is 0 Å². The number of furan rings is 1. The van der Waals surface area contributed by atoms with E-state index in [2.05, 4.69) is 16.7 Å². The van der Waals surface area contributed by atoms with E-state index in [1.165, 1.54) is 24.7 Å². The second kappa shape index (κ2) is 7.87. The molecular formula is C19H26N2O4. The SMILES string of the molecule is O=C(NCCC1=CCCCC1)C(=O)NC[C@](O)(c1ccco1)C1CC1. The Kier molecular flexibility index (Phi) is 5.58. The number of hydrogen-bond donors (Lipinski definition) is 3. The number of nitrogens with one attached hydrogen (secondary N) is 2. The molecule has 6 nitrogen and oxygen atoms in total. The monoisotopic (exact) mass is 346 g/mol. The first-order valence-electron chi connectivity index (χ1n) is 9.10. The highest BCUT2D eigenvalue weighted by Gasteiger charge is 2.47. The van der Waals surface area contributed by atoms with E-state index < -0.39 is 17.4 Å². The molecule has 1 atom stereocenters. The van der Waals surface area contributed by atoms with Gasteiger partial charge in [0.15, 0.2) is 0 Å². The first kappa shape index (κ1) is 17.7. The number of carbonyl (C=O) groups excluding carboxylic acids is 2. The van der Waals surface area contributed by atoms with E-state index >= 15 is 0 Å². The van der Waals surface area contributed by atoms with E-state index in [1.807, 2.05) is 0 Å². The molecule has 0 aliphatic heterocycles. The Balaban J connectivity index is 1.44. The Hall–Kier alpha value is -2.08. The fraction of sp³-hybridized carbons (Fsp3) is 0.579. The molecule has 136 valence electrons. The number of allylic oxidation sites excluding steroid dienone is 1. The number of carbonyl (C=O) groups is 2. The summed E-state index contributed by atoms with van der Waals surface area (Å²) in [5, 5.41) is 16.0. The van der Waals surface area contributed by atoms with Crippen LogP contribution in [-0.4, -0.2) is 30.0 Å². The van der Waals surface area contributed by atoms with Gasteiger partial charge in [-0.05, 0) is 63.0 Å². The second-order valence-electron chi connectivity index (χ2n) is 6.97. The van der Waals surface area contributed by atoms with Gasteiger partial charge >= 0.3 is 11.8 Å². The van der Waals surface area contributed by atoms with E-state index in [9.17, 15) is 14.7 Å². The molecule has 3 N–H and O–H groups in total. The summed E-state index contributed by atoms with van der Waals surface area (Å²) in [6, 6.07) is 3.40. The largest absolute Gasteiger partial charge is 0.466 e. The fourth-order valence-corrected chi connectivity index (χ4v) is 3.36. The van der Waals surface area contributed by atoms with E-state index in [0.29, 0.717) is 12.3 Å². The maximum atomic E-state index is 12.0. The molecule has 2 amide bonds. The van der Waals surface area contributed by atoms with Crippen molar-refractivity contribution in [2.75, 3.05) is 13.1 Å². The van der Waals surface area contributed by atoms with Crippen molar-refractivity contribution < 1.29 is 19.1 Å². The molecule has 0 unspecified atom stereocenters. The van der Waals surface area contributed by atoms with Gasteiger partial charge in [-0.3, -0.25) is 9.59 Å². The molecule has 2 aliphatic rings. The zero-order valence-electron chi connectivity index (χ0n) is 14.4. The Morgan fingerprint density at radius 3 is 2.68 bits per heavy atom. The molecule has 0 saturated heterocycles. The highest BCUT2D eigenvalue weighted by molar-refractivity contribution is 6.35. The lowest BCUT2D eigenvalue weighted by atomic mass is 9.94. The average Bonchev–Trinajstić information content (AvgIpc) is 3.35. The van der Waals surface area contributed by atoms with Crippen LogP contribution in [-0.2, 0) is 15.2 Å². The van der Waals surface area contributed by atoms with Gasteiger partial charge in [-0.15, -0.1) is 0 Å². The molecular weight excluding hydrogens is 320 g/mol. The minimum absolute atomic E-state index is 0.0252. The van der Waals surface area contributed by atoms with Crippen molar-refractivity contribution >= 4 is 11.8 Å². The van der Waals surface area contributed by atoms with Gasteiger partial charge in [-0.25, -0.2) is 0 Å². The van der Waals surface area contributed by atoms with E-state index in [0.717, 1.165) is 32.1 Å². The highest BCUT2D eigenvalue weighted by atomic mass is 16.4. The number of rotatable bonds is 7. The van der Waals surface area contributed by atoms with Gasteiger partial charge in [0.05, 0.1) is 12.8 Å². The van der Waals surface area contributed by atoms with Crippen molar-refractivity contribution in [1.29, 1.82) is 0 Å². The van der Waals surface area contributed by atoms with Gasteiger partial charge < -0.3 is 20.2 Å². The summed E-state index contributed by atoms with van der Waals surface area (Å²) in [5.74, 6) is -0.891. The first-order valence-corrected chi connectivity index (χ1v) is 9.10.